The van der Waals surface area contributed by atoms with Gasteiger partial charge in [0.25, 0.3) is 0 Å². The second-order valence-corrected chi connectivity index (χ2v) is 10.2. The van der Waals surface area contributed by atoms with Crippen LogP contribution in [0, 0.1) is 13.8 Å². The second kappa shape index (κ2) is 8.76. The molecule has 0 aliphatic heterocycles. The van der Waals surface area contributed by atoms with Crippen molar-refractivity contribution in [1.82, 2.24) is 19.9 Å². The number of aryl methyl sites for hydroxylation is 2. The lowest BCUT2D eigenvalue weighted by atomic mass is 9.96. The van der Waals surface area contributed by atoms with Gasteiger partial charge in [-0.05, 0) is 72.3 Å². The van der Waals surface area contributed by atoms with Gasteiger partial charge in [0.05, 0.1) is 22.0 Å². The molecule has 0 aliphatic carbocycles. The zero-order valence-corrected chi connectivity index (χ0v) is 19.6. The third-order valence-electron chi connectivity index (χ3n) is 5.79. The van der Waals surface area contributed by atoms with Gasteiger partial charge in [0, 0.05) is 35.2 Å². The Morgan fingerprint density at radius 1 is 0.765 bits per heavy atom. The fourth-order valence-corrected chi connectivity index (χ4v) is 5.39. The van der Waals surface area contributed by atoms with Gasteiger partial charge in [-0.25, -0.2) is 18.4 Å². The minimum absolute atomic E-state index is 0.173. The zero-order chi connectivity index (χ0) is 23.7. The first-order valence-corrected chi connectivity index (χ1v) is 12.5. The molecule has 0 saturated heterocycles. The standard InChI is InChI=1S/C27H22N4O2S/c1-18-13-20(21-7-11-29-19(2)14-21)3-5-25(18)27-26-6-4-24(15-22(26)8-12-30-27)34(32,33)16-23-9-10-28-17-31-23/h3-15,17H,16H2,1-2H3. The van der Waals surface area contributed by atoms with Crippen molar-refractivity contribution in [2.45, 2.75) is 24.5 Å². The van der Waals surface area contributed by atoms with E-state index in [0.29, 0.717) is 5.69 Å². The highest BCUT2D eigenvalue weighted by molar-refractivity contribution is 7.90. The molecule has 3 aromatic heterocycles. The van der Waals surface area contributed by atoms with Crippen molar-refractivity contribution in [2.24, 2.45) is 0 Å². The molecule has 0 radical (unpaired) electrons. The Morgan fingerprint density at radius 3 is 2.35 bits per heavy atom. The third-order valence-corrected chi connectivity index (χ3v) is 7.44. The molecule has 0 atom stereocenters. The van der Waals surface area contributed by atoms with Crippen molar-refractivity contribution < 1.29 is 8.42 Å². The lowest BCUT2D eigenvalue weighted by Crippen LogP contribution is -2.06. The first-order valence-electron chi connectivity index (χ1n) is 10.8. The fourth-order valence-electron chi connectivity index (χ4n) is 4.08. The van der Waals surface area contributed by atoms with E-state index in [4.69, 9.17) is 0 Å². The van der Waals surface area contributed by atoms with Crippen molar-refractivity contribution in [2.75, 3.05) is 0 Å². The molecule has 3 heterocycles. The van der Waals surface area contributed by atoms with Crippen LogP contribution < -0.4 is 0 Å². The van der Waals surface area contributed by atoms with Crippen LogP contribution in [0.2, 0.25) is 0 Å². The molecule has 168 valence electrons. The Kier molecular flexibility index (Phi) is 5.63. The number of hydrogen-bond acceptors (Lipinski definition) is 6. The van der Waals surface area contributed by atoms with E-state index in [0.717, 1.165) is 44.4 Å². The number of sulfone groups is 1. The van der Waals surface area contributed by atoms with Gasteiger partial charge in [-0.1, -0.05) is 24.3 Å². The normalized spacial score (nSPS) is 11.6. The van der Waals surface area contributed by atoms with Crippen LogP contribution in [0.4, 0.5) is 0 Å². The molecule has 5 aromatic rings. The van der Waals surface area contributed by atoms with E-state index in [1.54, 1.807) is 30.6 Å². The lowest BCUT2D eigenvalue weighted by Gasteiger charge is -2.12. The van der Waals surface area contributed by atoms with Crippen LogP contribution >= 0.6 is 0 Å². The molecule has 7 heteroatoms. The Labute approximate surface area is 198 Å². The maximum absolute atomic E-state index is 13.0. The van der Waals surface area contributed by atoms with Crippen molar-refractivity contribution >= 4 is 20.6 Å². The molecule has 0 aliphatic rings. The highest BCUT2D eigenvalue weighted by Crippen LogP contribution is 2.33. The third kappa shape index (κ3) is 4.30. The van der Waals surface area contributed by atoms with E-state index >= 15 is 0 Å². The average Bonchev–Trinajstić information content (AvgIpc) is 2.84. The second-order valence-electron chi connectivity index (χ2n) is 8.22. The van der Waals surface area contributed by atoms with Crippen LogP contribution in [0.5, 0.6) is 0 Å². The van der Waals surface area contributed by atoms with Gasteiger partial charge < -0.3 is 0 Å². The summed E-state index contributed by atoms with van der Waals surface area (Å²) in [5.74, 6) is -0.173. The summed E-state index contributed by atoms with van der Waals surface area (Å²) in [5.41, 5.74) is 6.60. The number of pyridine rings is 2. The summed E-state index contributed by atoms with van der Waals surface area (Å²) in [4.78, 5) is 17.1. The molecule has 0 unspecified atom stereocenters. The number of hydrogen-bond donors (Lipinski definition) is 0. The molecule has 34 heavy (non-hydrogen) atoms. The molecule has 0 amide bonds. The van der Waals surface area contributed by atoms with E-state index in [1.807, 2.05) is 31.3 Å². The van der Waals surface area contributed by atoms with Gasteiger partial charge in [-0.15, -0.1) is 0 Å². The fraction of sp³-hybridized carbons (Fsp3) is 0.111. The van der Waals surface area contributed by atoms with Crippen LogP contribution in [-0.2, 0) is 15.6 Å². The molecule has 0 fully saturated rings. The van der Waals surface area contributed by atoms with Gasteiger partial charge in [-0.3, -0.25) is 9.97 Å². The number of nitrogens with zero attached hydrogens (tertiary/aromatic N) is 4. The van der Waals surface area contributed by atoms with Crippen molar-refractivity contribution in [1.29, 1.82) is 0 Å². The molecular weight excluding hydrogens is 444 g/mol. The zero-order valence-electron chi connectivity index (χ0n) is 18.8. The number of aromatic nitrogens is 4. The summed E-state index contributed by atoms with van der Waals surface area (Å²) in [6, 6.07) is 19.0. The van der Waals surface area contributed by atoms with E-state index < -0.39 is 9.84 Å². The maximum Gasteiger partial charge on any atom is 0.184 e. The molecule has 5 rings (SSSR count). The SMILES string of the molecule is Cc1cc(-c2ccc(-c3nccc4cc(S(=O)(=O)Cc5ccncn5)ccc34)c(C)c2)ccn1. The quantitative estimate of drug-likeness (QED) is 0.347. The van der Waals surface area contributed by atoms with Crippen LogP contribution in [0.25, 0.3) is 33.2 Å². The minimum atomic E-state index is -3.55. The largest absolute Gasteiger partial charge is 0.262 e. The molecule has 0 saturated carbocycles. The van der Waals surface area contributed by atoms with Crippen LogP contribution in [0.15, 0.2) is 90.5 Å². The first kappa shape index (κ1) is 21.9. The van der Waals surface area contributed by atoms with E-state index in [2.05, 4.69) is 51.1 Å². The molecule has 0 spiro atoms. The van der Waals surface area contributed by atoms with Crippen LogP contribution in [0.1, 0.15) is 17.0 Å². The summed E-state index contributed by atoms with van der Waals surface area (Å²) < 4.78 is 25.9. The smallest absolute Gasteiger partial charge is 0.184 e. The minimum Gasteiger partial charge on any atom is -0.262 e. The lowest BCUT2D eigenvalue weighted by molar-refractivity contribution is 0.594. The summed E-state index contributed by atoms with van der Waals surface area (Å²) in [7, 11) is -3.55. The molecule has 0 bridgehead atoms. The predicted molar refractivity (Wildman–Crippen MR) is 133 cm³/mol. The molecule has 2 aromatic carbocycles. The van der Waals surface area contributed by atoms with Gasteiger partial charge >= 0.3 is 0 Å². The highest BCUT2D eigenvalue weighted by atomic mass is 32.2. The number of benzene rings is 2. The number of fused-ring (bicyclic) bond motifs is 1. The van der Waals surface area contributed by atoms with Gasteiger partial charge in [0.15, 0.2) is 9.84 Å². The van der Waals surface area contributed by atoms with Crippen molar-refractivity contribution in [3.63, 3.8) is 0 Å². The topological polar surface area (TPSA) is 85.7 Å². The summed E-state index contributed by atoms with van der Waals surface area (Å²) in [6.45, 7) is 4.04. The number of rotatable bonds is 5. The van der Waals surface area contributed by atoms with Crippen molar-refractivity contribution in [3.8, 4) is 22.4 Å². The Bertz CT molecular complexity index is 1620. The summed E-state index contributed by atoms with van der Waals surface area (Å²) in [5, 5.41) is 1.72. The van der Waals surface area contributed by atoms with E-state index in [1.165, 1.54) is 6.33 Å². The van der Waals surface area contributed by atoms with E-state index in [-0.39, 0.29) is 10.6 Å². The van der Waals surface area contributed by atoms with Crippen LogP contribution in [0.3, 0.4) is 0 Å². The Hall–Kier alpha value is -3.97. The summed E-state index contributed by atoms with van der Waals surface area (Å²) >= 11 is 0. The monoisotopic (exact) mass is 466 g/mol. The van der Waals surface area contributed by atoms with E-state index in [9.17, 15) is 8.42 Å². The average molecular weight is 467 g/mol. The van der Waals surface area contributed by atoms with Gasteiger partial charge in [0.2, 0.25) is 0 Å². The predicted octanol–water partition coefficient (Wildman–Crippen LogP) is 5.34. The summed E-state index contributed by atoms with van der Waals surface area (Å²) in [6.07, 6.45) is 6.43. The molecular formula is C27H22N4O2S. The molecule has 6 nitrogen and oxygen atoms in total. The maximum atomic E-state index is 13.0. The Morgan fingerprint density at radius 2 is 1.59 bits per heavy atom. The van der Waals surface area contributed by atoms with Gasteiger partial charge in [-0.2, -0.15) is 0 Å². The molecule has 0 N–H and O–H groups in total. The van der Waals surface area contributed by atoms with Crippen molar-refractivity contribution in [3.05, 3.63) is 103 Å². The highest BCUT2D eigenvalue weighted by Gasteiger charge is 2.18. The van der Waals surface area contributed by atoms with Gasteiger partial charge in [0.1, 0.15) is 6.33 Å². The van der Waals surface area contributed by atoms with Crippen LogP contribution in [-0.4, -0.2) is 28.4 Å². The first-order chi connectivity index (χ1) is 16.4. The Balaban J connectivity index is 1.53.